The predicted octanol–water partition coefficient (Wildman–Crippen LogP) is 11.0. The van der Waals surface area contributed by atoms with Crippen LogP contribution in [-0.4, -0.2) is 23.7 Å². The molecule has 4 heteroatoms. The van der Waals surface area contributed by atoms with E-state index in [-0.39, 0.29) is 12.4 Å². The molecular formula is C34H64O4. The van der Waals surface area contributed by atoms with E-state index in [0.29, 0.717) is 13.0 Å². The number of allylic oxidation sites excluding steroid dienone is 2. The number of carboxylic acid groups (broad SMARTS) is 1. The van der Waals surface area contributed by atoms with Gasteiger partial charge in [-0.1, -0.05) is 148 Å². The molecule has 0 rings (SSSR count). The Hall–Kier alpha value is -1.32. The summed E-state index contributed by atoms with van der Waals surface area (Å²) in [6.07, 6.45) is 36.5. The van der Waals surface area contributed by atoms with E-state index in [0.717, 1.165) is 25.7 Å². The van der Waals surface area contributed by atoms with E-state index < -0.39 is 11.9 Å². The number of rotatable bonds is 30. The summed E-state index contributed by atoms with van der Waals surface area (Å²) < 4.78 is 5.02. The maximum absolute atomic E-state index is 11.7. The molecule has 0 aliphatic carbocycles. The van der Waals surface area contributed by atoms with Gasteiger partial charge in [0.1, 0.15) is 0 Å². The van der Waals surface area contributed by atoms with Crippen molar-refractivity contribution >= 4 is 11.9 Å². The topological polar surface area (TPSA) is 63.6 Å². The van der Waals surface area contributed by atoms with Gasteiger partial charge in [-0.3, -0.25) is 9.59 Å². The van der Waals surface area contributed by atoms with Gasteiger partial charge in [0.15, 0.2) is 0 Å². The van der Waals surface area contributed by atoms with Crippen LogP contribution >= 0.6 is 0 Å². The van der Waals surface area contributed by atoms with Gasteiger partial charge in [-0.05, 0) is 38.5 Å². The first kappa shape index (κ1) is 36.7. The van der Waals surface area contributed by atoms with E-state index in [9.17, 15) is 14.7 Å². The summed E-state index contributed by atoms with van der Waals surface area (Å²) in [5, 5.41) is 9.32. The molecule has 0 saturated carbocycles. The van der Waals surface area contributed by atoms with Crippen molar-refractivity contribution in [2.45, 2.75) is 181 Å². The average Bonchev–Trinajstić information content (AvgIpc) is 2.91. The normalized spacial score (nSPS) is 12.3. The Kier molecular flexibility index (Phi) is 29.2. The number of unbranched alkanes of at least 4 members (excludes halogenated alkanes) is 21. The van der Waals surface area contributed by atoms with Crippen molar-refractivity contribution in [1.29, 1.82) is 0 Å². The molecule has 0 aromatic carbocycles. The van der Waals surface area contributed by atoms with Crippen LogP contribution in [0.15, 0.2) is 12.2 Å². The number of ether oxygens (including phenoxy) is 1. The van der Waals surface area contributed by atoms with E-state index in [1.54, 1.807) is 0 Å². The Labute approximate surface area is 236 Å². The van der Waals surface area contributed by atoms with Crippen molar-refractivity contribution in [3.63, 3.8) is 0 Å². The monoisotopic (exact) mass is 536 g/mol. The average molecular weight is 537 g/mol. The molecule has 1 unspecified atom stereocenters. The van der Waals surface area contributed by atoms with Gasteiger partial charge in [-0.25, -0.2) is 0 Å². The maximum atomic E-state index is 11.7. The molecule has 0 saturated heterocycles. The van der Waals surface area contributed by atoms with E-state index in [2.05, 4.69) is 19.1 Å². The molecule has 1 N–H and O–H groups in total. The Morgan fingerprint density at radius 3 is 1.37 bits per heavy atom. The fourth-order valence-corrected chi connectivity index (χ4v) is 5.02. The molecule has 1 atom stereocenters. The Morgan fingerprint density at radius 2 is 0.974 bits per heavy atom. The molecule has 0 aromatic rings. The minimum Gasteiger partial charge on any atom is -0.481 e. The van der Waals surface area contributed by atoms with Gasteiger partial charge < -0.3 is 9.84 Å². The molecule has 0 bridgehead atoms. The van der Waals surface area contributed by atoms with E-state index in [1.807, 2.05) is 6.92 Å². The molecule has 0 aliphatic heterocycles. The summed E-state index contributed by atoms with van der Waals surface area (Å²) in [6, 6.07) is 0. The van der Waals surface area contributed by atoms with Gasteiger partial charge in [0.2, 0.25) is 0 Å². The van der Waals surface area contributed by atoms with Crippen molar-refractivity contribution in [2.24, 2.45) is 5.92 Å². The number of hydrogen-bond acceptors (Lipinski definition) is 3. The third kappa shape index (κ3) is 27.7. The maximum Gasteiger partial charge on any atom is 0.307 e. The lowest BCUT2D eigenvalue weighted by molar-refractivity contribution is -0.151. The van der Waals surface area contributed by atoms with Crippen LogP contribution in [-0.2, 0) is 14.3 Å². The minimum atomic E-state index is -0.877. The summed E-state index contributed by atoms with van der Waals surface area (Å²) >= 11 is 0. The molecule has 0 amide bonds. The summed E-state index contributed by atoms with van der Waals surface area (Å²) in [6.45, 7) is 4.59. The zero-order valence-corrected chi connectivity index (χ0v) is 25.5. The number of carbonyl (C=O) groups is 2. The molecule has 224 valence electrons. The molecule has 4 nitrogen and oxygen atoms in total. The van der Waals surface area contributed by atoms with E-state index in [4.69, 9.17) is 4.74 Å². The highest BCUT2D eigenvalue weighted by Crippen LogP contribution is 2.18. The fourth-order valence-electron chi connectivity index (χ4n) is 5.02. The molecule has 0 aromatic heterocycles. The summed E-state index contributed by atoms with van der Waals surface area (Å²) in [4.78, 5) is 23.0. The third-order valence-electron chi connectivity index (χ3n) is 7.54. The first-order valence-corrected chi connectivity index (χ1v) is 16.6. The van der Waals surface area contributed by atoms with Crippen molar-refractivity contribution in [3.05, 3.63) is 12.2 Å². The highest BCUT2D eigenvalue weighted by molar-refractivity contribution is 5.78. The number of carboxylic acids is 1. The van der Waals surface area contributed by atoms with E-state index >= 15 is 0 Å². The van der Waals surface area contributed by atoms with Gasteiger partial charge >= 0.3 is 11.9 Å². The summed E-state index contributed by atoms with van der Waals surface area (Å²) in [7, 11) is 0. The molecule has 0 fully saturated rings. The molecule has 0 spiro atoms. The van der Waals surface area contributed by atoms with Gasteiger partial charge in [-0.2, -0.15) is 0 Å². The zero-order chi connectivity index (χ0) is 27.9. The first-order valence-electron chi connectivity index (χ1n) is 16.6. The molecule has 0 heterocycles. The Bertz CT molecular complexity index is 543. The summed E-state index contributed by atoms with van der Waals surface area (Å²) in [5.41, 5.74) is 0. The second kappa shape index (κ2) is 30.2. The van der Waals surface area contributed by atoms with Gasteiger partial charge in [-0.15, -0.1) is 0 Å². The van der Waals surface area contributed by atoms with Crippen LogP contribution in [0.2, 0.25) is 0 Å². The van der Waals surface area contributed by atoms with E-state index in [1.165, 1.54) is 128 Å². The second-order valence-electron chi connectivity index (χ2n) is 11.4. The smallest absolute Gasteiger partial charge is 0.307 e. The highest BCUT2D eigenvalue weighted by atomic mass is 16.5. The van der Waals surface area contributed by atoms with Crippen LogP contribution < -0.4 is 0 Å². The van der Waals surface area contributed by atoms with Gasteiger partial charge in [0.05, 0.1) is 18.9 Å². The predicted molar refractivity (Wildman–Crippen MR) is 163 cm³/mol. The summed E-state index contributed by atoms with van der Waals surface area (Å²) in [5.74, 6) is -1.86. The van der Waals surface area contributed by atoms with Crippen LogP contribution in [0.1, 0.15) is 181 Å². The van der Waals surface area contributed by atoms with Crippen molar-refractivity contribution in [3.8, 4) is 0 Å². The molecule has 0 aliphatic rings. The number of aliphatic carboxylic acids is 1. The zero-order valence-electron chi connectivity index (χ0n) is 25.5. The first-order chi connectivity index (χ1) is 18.6. The molecule has 38 heavy (non-hydrogen) atoms. The van der Waals surface area contributed by atoms with Crippen molar-refractivity contribution in [2.75, 3.05) is 6.61 Å². The molecule has 0 radical (unpaired) electrons. The number of carbonyl (C=O) groups excluding carboxylic acids is 1. The fraction of sp³-hybridized carbons (Fsp3) is 0.882. The van der Waals surface area contributed by atoms with Gasteiger partial charge in [0.25, 0.3) is 0 Å². The van der Waals surface area contributed by atoms with Crippen LogP contribution in [0.4, 0.5) is 0 Å². The van der Waals surface area contributed by atoms with Crippen LogP contribution in [0.25, 0.3) is 0 Å². The number of esters is 1. The quantitative estimate of drug-likeness (QED) is 0.0563. The lowest BCUT2D eigenvalue weighted by atomic mass is 9.97. The highest BCUT2D eigenvalue weighted by Gasteiger charge is 2.21. The SMILES string of the molecule is CCCCCCCCCCCCCC/C=C/CCCCCCCCCCCC(CC(=O)OCCC)C(=O)O. The van der Waals surface area contributed by atoms with Crippen LogP contribution in [0.3, 0.4) is 0 Å². The Balaban J connectivity index is 3.35. The number of hydrogen-bond donors (Lipinski definition) is 1. The lowest BCUT2D eigenvalue weighted by Crippen LogP contribution is -2.19. The third-order valence-corrected chi connectivity index (χ3v) is 7.54. The standard InChI is InChI=1S/C34H64O4/c1-3-5-6-7-8-9-10-11-12-13-14-15-16-17-18-19-20-21-22-23-24-25-26-27-28-29-32(34(36)37)31-33(35)38-30-4-2/h17-18,32H,3-16,19-31H2,1-2H3,(H,36,37)/b18-17+. The van der Waals surface area contributed by atoms with Gasteiger partial charge in [0, 0.05) is 0 Å². The largest absolute Gasteiger partial charge is 0.481 e. The van der Waals surface area contributed by atoms with Crippen molar-refractivity contribution in [1.82, 2.24) is 0 Å². The Morgan fingerprint density at radius 1 is 0.579 bits per heavy atom. The van der Waals surface area contributed by atoms with Crippen LogP contribution in [0, 0.1) is 5.92 Å². The minimum absolute atomic E-state index is 0.00389. The molecular weight excluding hydrogens is 472 g/mol. The van der Waals surface area contributed by atoms with Crippen LogP contribution in [0.5, 0.6) is 0 Å². The lowest BCUT2D eigenvalue weighted by Gasteiger charge is -2.11. The van der Waals surface area contributed by atoms with Crippen molar-refractivity contribution < 1.29 is 19.4 Å². The second-order valence-corrected chi connectivity index (χ2v) is 11.4.